The van der Waals surface area contributed by atoms with Crippen LogP contribution in [-0.2, 0) is 11.3 Å². The summed E-state index contributed by atoms with van der Waals surface area (Å²) in [7, 11) is 0. The second-order valence-corrected chi connectivity index (χ2v) is 4.87. The lowest BCUT2D eigenvalue weighted by atomic mass is 10.1. The number of benzene rings is 2. The van der Waals surface area contributed by atoms with Crippen molar-refractivity contribution in [2.24, 2.45) is 0 Å². The molecule has 1 aromatic heterocycles. The SMILES string of the molecule is O=C(OCc1ccnc2ccccc12)c1ccc([N+](=O)[O-])cc1. The van der Waals surface area contributed by atoms with Gasteiger partial charge >= 0.3 is 5.97 Å². The zero-order valence-electron chi connectivity index (χ0n) is 12.0. The molecule has 2 aromatic carbocycles. The van der Waals surface area contributed by atoms with Gasteiger partial charge in [-0.3, -0.25) is 15.1 Å². The van der Waals surface area contributed by atoms with Crippen molar-refractivity contribution >= 4 is 22.6 Å². The molecular weight excluding hydrogens is 296 g/mol. The number of hydrogen-bond acceptors (Lipinski definition) is 5. The minimum Gasteiger partial charge on any atom is -0.457 e. The number of esters is 1. The molecule has 1 heterocycles. The van der Waals surface area contributed by atoms with Crippen LogP contribution < -0.4 is 0 Å². The Hall–Kier alpha value is -3.28. The van der Waals surface area contributed by atoms with Gasteiger partial charge in [0.15, 0.2) is 0 Å². The van der Waals surface area contributed by atoms with Gasteiger partial charge in [0.25, 0.3) is 5.69 Å². The number of nitrogens with zero attached hydrogens (tertiary/aromatic N) is 2. The van der Waals surface area contributed by atoms with Crippen LogP contribution in [0.1, 0.15) is 15.9 Å². The predicted octanol–water partition coefficient (Wildman–Crippen LogP) is 3.50. The lowest BCUT2D eigenvalue weighted by molar-refractivity contribution is -0.384. The Morgan fingerprint density at radius 2 is 1.83 bits per heavy atom. The first-order valence-electron chi connectivity index (χ1n) is 6.89. The average Bonchev–Trinajstić information content (AvgIpc) is 2.59. The highest BCUT2D eigenvalue weighted by Gasteiger charge is 2.11. The maximum Gasteiger partial charge on any atom is 0.338 e. The van der Waals surface area contributed by atoms with Gasteiger partial charge in [-0.05, 0) is 24.3 Å². The highest BCUT2D eigenvalue weighted by Crippen LogP contribution is 2.18. The summed E-state index contributed by atoms with van der Waals surface area (Å²) in [6.07, 6.45) is 1.66. The van der Waals surface area contributed by atoms with E-state index in [1.807, 2.05) is 24.3 Å². The van der Waals surface area contributed by atoms with Gasteiger partial charge in [0.1, 0.15) is 6.61 Å². The molecule has 3 aromatic rings. The van der Waals surface area contributed by atoms with Gasteiger partial charge in [-0.2, -0.15) is 0 Å². The summed E-state index contributed by atoms with van der Waals surface area (Å²) in [5.41, 5.74) is 1.89. The zero-order valence-corrected chi connectivity index (χ0v) is 12.0. The van der Waals surface area contributed by atoms with E-state index in [-0.39, 0.29) is 17.9 Å². The first-order chi connectivity index (χ1) is 11.1. The number of nitro groups is 1. The van der Waals surface area contributed by atoms with Gasteiger partial charge in [-0.15, -0.1) is 0 Å². The zero-order chi connectivity index (χ0) is 16.2. The molecule has 0 amide bonds. The van der Waals surface area contributed by atoms with Gasteiger partial charge in [0.2, 0.25) is 0 Å². The van der Waals surface area contributed by atoms with E-state index in [0.717, 1.165) is 16.5 Å². The number of aromatic nitrogens is 1. The highest BCUT2D eigenvalue weighted by molar-refractivity contribution is 5.90. The number of carbonyl (C=O) groups is 1. The topological polar surface area (TPSA) is 82.3 Å². The van der Waals surface area contributed by atoms with E-state index >= 15 is 0 Å². The normalized spacial score (nSPS) is 10.4. The Morgan fingerprint density at radius 3 is 2.57 bits per heavy atom. The Bertz CT molecular complexity index is 870. The molecule has 6 heteroatoms. The first kappa shape index (κ1) is 14.6. The van der Waals surface area contributed by atoms with Crippen LogP contribution in [0.4, 0.5) is 5.69 Å². The lowest BCUT2D eigenvalue weighted by Gasteiger charge is -2.07. The molecule has 3 rings (SSSR count). The number of ether oxygens (including phenoxy) is 1. The van der Waals surface area contributed by atoms with Gasteiger partial charge in [0, 0.05) is 29.3 Å². The van der Waals surface area contributed by atoms with E-state index in [0.29, 0.717) is 0 Å². The van der Waals surface area contributed by atoms with Gasteiger partial charge in [-0.25, -0.2) is 4.79 Å². The maximum absolute atomic E-state index is 12.0. The van der Waals surface area contributed by atoms with Gasteiger partial charge in [-0.1, -0.05) is 18.2 Å². The second kappa shape index (κ2) is 6.23. The largest absolute Gasteiger partial charge is 0.457 e. The van der Waals surface area contributed by atoms with Crippen molar-refractivity contribution in [1.29, 1.82) is 0 Å². The number of hydrogen-bond donors (Lipinski definition) is 0. The Morgan fingerprint density at radius 1 is 1.09 bits per heavy atom. The molecule has 0 spiro atoms. The molecule has 0 radical (unpaired) electrons. The molecule has 6 nitrogen and oxygen atoms in total. The maximum atomic E-state index is 12.0. The number of para-hydroxylation sites is 1. The van der Waals surface area contributed by atoms with Crippen LogP contribution in [0.15, 0.2) is 60.8 Å². The van der Waals surface area contributed by atoms with Crippen LogP contribution >= 0.6 is 0 Å². The number of nitro benzene ring substituents is 1. The second-order valence-electron chi connectivity index (χ2n) is 4.87. The summed E-state index contributed by atoms with van der Waals surface area (Å²) in [4.78, 5) is 26.4. The summed E-state index contributed by atoms with van der Waals surface area (Å²) < 4.78 is 5.29. The van der Waals surface area contributed by atoms with Crippen molar-refractivity contribution < 1.29 is 14.5 Å². The van der Waals surface area contributed by atoms with Crippen LogP contribution in [0.3, 0.4) is 0 Å². The van der Waals surface area contributed by atoms with Crippen molar-refractivity contribution in [2.75, 3.05) is 0 Å². The predicted molar refractivity (Wildman–Crippen MR) is 84.0 cm³/mol. The van der Waals surface area contributed by atoms with Crippen molar-refractivity contribution in [1.82, 2.24) is 4.98 Å². The van der Waals surface area contributed by atoms with Crippen LogP contribution in [0.5, 0.6) is 0 Å². The van der Waals surface area contributed by atoms with Crippen LogP contribution in [0, 0.1) is 10.1 Å². The number of fused-ring (bicyclic) bond motifs is 1. The minimum absolute atomic E-state index is 0.0679. The molecule has 0 saturated heterocycles. The third-order valence-electron chi connectivity index (χ3n) is 3.41. The molecule has 23 heavy (non-hydrogen) atoms. The quantitative estimate of drug-likeness (QED) is 0.418. The van der Waals surface area contributed by atoms with Gasteiger partial charge < -0.3 is 4.74 Å². The molecule has 0 aliphatic carbocycles. The fourth-order valence-corrected chi connectivity index (χ4v) is 2.23. The minimum atomic E-state index is -0.527. The summed E-state index contributed by atoms with van der Waals surface area (Å²) in [5.74, 6) is -0.527. The van der Waals surface area contributed by atoms with Crippen molar-refractivity contribution in [2.45, 2.75) is 6.61 Å². The summed E-state index contributed by atoms with van der Waals surface area (Å²) in [6.45, 7) is 0.110. The van der Waals surface area contributed by atoms with Crippen LogP contribution in [-0.4, -0.2) is 15.9 Å². The lowest BCUT2D eigenvalue weighted by Crippen LogP contribution is -2.05. The van der Waals surface area contributed by atoms with Crippen molar-refractivity contribution in [3.8, 4) is 0 Å². The molecule has 114 valence electrons. The molecule has 0 unspecified atom stereocenters. The molecule has 0 N–H and O–H groups in total. The summed E-state index contributed by atoms with van der Waals surface area (Å²) in [6, 6.07) is 14.7. The molecule has 0 atom stereocenters. The van der Waals surface area contributed by atoms with Crippen LogP contribution in [0.2, 0.25) is 0 Å². The standard InChI is InChI=1S/C17H12N2O4/c20-17(12-5-7-14(8-6-12)19(21)22)23-11-13-9-10-18-16-4-2-1-3-15(13)16/h1-10H,11H2. The number of non-ortho nitro benzene ring substituents is 1. The first-order valence-corrected chi connectivity index (χ1v) is 6.89. The summed E-state index contributed by atoms with van der Waals surface area (Å²) in [5, 5.41) is 11.5. The van der Waals surface area contributed by atoms with E-state index in [9.17, 15) is 14.9 Å². The number of rotatable bonds is 4. The third-order valence-corrected chi connectivity index (χ3v) is 3.41. The number of pyridine rings is 1. The molecular formula is C17H12N2O4. The molecule has 0 aliphatic rings. The Balaban J connectivity index is 1.74. The summed E-state index contributed by atoms with van der Waals surface area (Å²) >= 11 is 0. The smallest absolute Gasteiger partial charge is 0.338 e. The Kier molecular flexibility index (Phi) is 3.97. The van der Waals surface area contributed by atoms with Crippen LogP contribution in [0.25, 0.3) is 10.9 Å². The molecule has 0 fully saturated rings. The van der Waals surface area contributed by atoms with E-state index < -0.39 is 10.9 Å². The van der Waals surface area contributed by atoms with E-state index in [4.69, 9.17) is 4.74 Å². The molecule has 0 bridgehead atoms. The monoisotopic (exact) mass is 308 g/mol. The van der Waals surface area contributed by atoms with E-state index in [1.165, 1.54) is 24.3 Å². The Labute approximate surface area is 131 Å². The third kappa shape index (κ3) is 3.16. The fraction of sp³-hybridized carbons (Fsp3) is 0.0588. The molecule has 0 saturated carbocycles. The number of carbonyl (C=O) groups excluding carboxylic acids is 1. The van der Waals surface area contributed by atoms with Crippen molar-refractivity contribution in [3.63, 3.8) is 0 Å². The van der Waals surface area contributed by atoms with Gasteiger partial charge in [0.05, 0.1) is 16.0 Å². The highest BCUT2D eigenvalue weighted by atomic mass is 16.6. The molecule has 0 aliphatic heterocycles. The van der Waals surface area contributed by atoms with E-state index in [2.05, 4.69) is 4.98 Å². The fourth-order valence-electron chi connectivity index (χ4n) is 2.23. The van der Waals surface area contributed by atoms with E-state index in [1.54, 1.807) is 12.3 Å². The average molecular weight is 308 g/mol. The van der Waals surface area contributed by atoms with Crippen molar-refractivity contribution in [3.05, 3.63) is 82.0 Å².